The highest BCUT2D eigenvalue weighted by Gasteiger charge is 2.65. The van der Waals surface area contributed by atoms with Crippen molar-refractivity contribution >= 4 is 24.8 Å². The van der Waals surface area contributed by atoms with Crippen molar-refractivity contribution < 1.29 is 28.5 Å². The van der Waals surface area contributed by atoms with E-state index in [4.69, 9.17) is 18.6 Å². The van der Waals surface area contributed by atoms with E-state index >= 15 is 0 Å². The number of likely N-dealkylation sites (tertiary alicyclic amines) is 1. The van der Waals surface area contributed by atoms with E-state index in [1.807, 2.05) is 46.8 Å². The van der Waals surface area contributed by atoms with Gasteiger partial charge in [-0.15, -0.1) is 0 Å². The molecule has 2 atom stereocenters. The summed E-state index contributed by atoms with van der Waals surface area (Å²) in [6.45, 7) is 18.8. The molecule has 2 aromatic rings. The number of carbonyl (C=O) groups is 1. The number of aliphatic hydroxyl groups is 1. The molecule has 1 amide bonds. The molecular weight excluding hydrogens is 534 g/mol. The van der Waals surface area contributed by atoms with Crippen LogP contribution in [0.15, 0.2) is 60.7 Å². The van der Waals surface area contributed by atoms with E-state index in [0.29, 0.717) is 19.6 Å². The molecular formula is C33H49NO6Si. The smallest absolute Gasteiger partial charge is 0.411 e. The second-order valence-electron chi connectivity index (χ2n) is 14.2. The summed E-state index contributed by atoms with van der Waals surface area (Å²) >= 11 is 0. The normalized spacial score (nSPS) is 24.4. The summed E-state index contributed by atoms with van der Waals surface area (Å²) in [5.41, 5.74) is -3.05. The molecule has 2 heterocycles. The summed E-state index contributed by atoms with van der Waals surface area (Å²) in [7, 11) is -2.74. The van der Waals surface area contributed by atoms with Crippen molar-refractivity contribution in [1.82, 2.24) is 4.90 Å². The Morgan fingerprint density at radius 1 is 0.927 bits per heavy atom. The van der Waals surface area contributed by atoms with Crippen molar-refractivity contribution in [3.8, 4) is 0 Å². The van der Waals surface area contributed by atoms with Gasteiger partial charge in [-0.3, -0.25) is 4.90 Å². The molecule has 2 aromatic carbocycles. The third kappa shape index (κ3) is 6.00. The van der Waals surface area contributed by atoms with E-state index in [-0.39, 0.29) is 24.2 Å². The third-order valence-electron chi connectivity index (χ3n) is 8.79. The van der Waals surface area contributed by atoms with Gasteiger partial charge in [0.15, 0.2) is 5.79 Å². The molecule has 0 aliphatic carbocycles. The Morgan fingerprint density at radius 3 is 1.85 bits per heavy atom. The molecule has 2 aliphatic rings. The lowest BCUT2D eigenvalue weighted by molar-refractivity contribution is -0.301. The lowest BCUT2D eigenvalue weighted by Gasteiger charge is -2.51. The fraction of sp³-hybridized carbons (Fsp3) is 0.606. The second-order valence-corrected chi connectivity index (χ2v) is 18.6. The third-order valence-corrected chi connectivity index (χ3v) is 13.8. The zero-order chi connectivity index (χ0) is 30.3. The Kier molecular flexibility index (Phi) is 8.59. The van der Waals surface area contributed by atoms with E-state index in [1.165, 1.54) is 10.4 Å². The van der Waals surface area contributed by atoms with Crippen molar-refractivity contribution in [2.45, 2.75) is 96.3 Å². The van der Waals surface area contributed by atoms with Crippen LogP contribution in [0, 0.1) is 5.92 Å². The quantitative estimate of drug-likeness (QED) is 0.478. The highest BCUT2D eigenvalue weighted by molar-refractivity contribution is 6.99. The van der Waals surface area contributed by atoms with Crippen LogP contribution in [0.2, 0.25) is 5.04 Å². The average molecular weight is 584 g/mol. The molecule has 1 spiro atoms. The Morgan fingerprint density at radius 2 is 1.41 bits per heavy atom. The highest BCUT2D eigenvalue weighted by atomic mass is 28.4. The molecule has 0 saturated carbocycles. The van der Waals surface area contributed by atoms with E-state index in [2.05, 4.69) is 69.3 Å². The van der Waals surface area contributed by atoms with Gasteiger partial charge in [0.2, 0.25) is 0 Å². The van der Waals surface area contributed by atoms with Crippen LogP contribution in [0.3, 0.4) is 0 Å². The highest BCUT2D eigenvalue weighted by Crippen LogP contribution is 2.48. The first kappa shape index (κ1) is 31.7. The molecule has 0 bridgehead atoms. The van der Waals surface area contributed by atoms with Gasteiger partial charge in [0.25, 0.3) is 8.32 Å². The maximum absolute atomic E-state index is 13.5. The number of ether oxygens (including phenoxy) is 3. The van der Waals surface area contributed by atoms with Gasteiger partial charge in [0, 0.05) is 19.1 Å². The minimum absolute atomic E-state index is 0.151. The molecule has 2 fully saturated rings. The maximum Gasteiger partial charge on any atom is 0.411 e. The topological polar surface area (TPSA) is 77.5 Å². The van der Waals surface area contributed by atoms with Crippen LogP contribution < -0.4 is 10.4 Å². The monoisotopic (exact) mass is 583 g/mol. The molecule has 41 heavy (non-hydrogen) atoms. The largest absolute Gasteiger partial charge is 0.444 e. The molecule has 4 rings (SSSR count). The van der Waals surface area contributed by atoms with Crippen molar-refractivity contribution in [2.24, 2.45) is 5.92 Å². The zero-order valence-electron chi connectivity index (χ0n) is 26.3. The van der Waals surface area contributed by atoms with Crippen molar-refractivity contribution in [3.63, 3.8) is 0 Å². The van der Waals surface area contributed by atoms with E-state index in [1.54, 1.807) is 11.8 Å². The number of hydrogen-bond donors (Lipinski definition) is 1. The van der Waals surface area contributed by atoms with Crippen LogP contribution in [0.4, 0.5) is 4.79 Å². The molecule has 226 valence electrons. The molecule has 0 aromatic heterocycles. The number of benzene rings is 2. The fourth-order valence-corrected chi connectivity index (χ4v) is 11.0. The predicted molar refractivity (Wildman–Crippen MR) is 164 cm³/mol. The lowest BCUT2D eigenvalue weighted by Crippen LogP contribution is -2.69. The lowest BCUT2D eigenvalue weighted by atomic mass is 9.75. The van der Waals surface area contributed by atoms with Gasteiger partial charge >= 0.3 is 6.09 Å². The Hall–Kier alpha value is -2.23. The summed E-state index contributed by atoms with van der Waals surface area (Å²) in [4.78, 5) is 15.2. The average Bonchev–Trinajstić information content (AvgIpc) is 3.09. The molecule has 1 N–H and O–H groups in total. The molecule has 2 aliphatic heterocycles. The van der Waals surface area contributed by atoms with Crippen LogP contribution >= 0.6 is 0 Å². The number of amides is 1. The number of rotatable bonds is 6. The van der Waals surface area contributed by atoms with Gasteiger partial charge in [-0.05, 0) is 63.4 Å². The fourth-order valence-electron chi connectivity index (χ4n) is 6.40. The first-order valence-corrected chi connectivity index (χ1v) is 16.6. The molecule has 8 heteroatoms. The van der Waals surface area contributed by atoms with Crippen LogP contribution in [-0.2, 0) is 18.6 Å². The zero-order valence-corrected chi connectivity index (χ0v) is 27.3. The van der Waals surface area contributed by atoms with E-state index < -0.39 is 36.9 Å². The van der Waals surface area contributed by atoms with Gasteiger partial charge in [0.1, 0.15) is 11.1 Å². The SMILES string of the molecule is CC(C)(C)OC(=O)N1C[C@H](CCO[Si](c2ccccc2)(c2ccccc2)C(C)(C)C)[C@](C)(O)C12COC(C)(C)OC2. The van der Waals surface area contributed by atoms with Crippen LogP contribution in [0.5, 0.6) is 0 Å². The standard InChI is InChI=1S/C33H49NO6Si/c1-29(2,3)40-28(35)34-22-25(32(9,36)33(34)23-37-31(7,8)38-24-33)20-21-39-41(30(4,5)6,26-16-12-10-13-17-26)27-18-14-11-15-19-27/h10-19,25,36H,20-24H2,1-9H3/t25-,32-/m0/s1. The van der Waals surface area contributed by atoms with E-state index in [0.717, 1.165) is 0 Å². The number of hydrogen-bond acceptors (Lipinski definition) is 6. The number of carbonyl (C=O) groups excluding carboxylic acids is 1. The summed E-state index contributed by atoms with van der Waals surface area (Å²) in [5, 5.41) is 14.4. The van der Waals surface area contributed by atoms with Crippen LogP contribution in [0.1, 0.15) is 68.7 Å². The summed E-state index contributed by atoms with van der Waals surface area (Å²) in [6, 6.07) is 21.1. The van der Waals surface area contributed by atoms with Crippen molar-refractivity contribution in [2.75, 3.05) is 26.4 Å². The van der Waals surface area contributed by atoms with Gasteiger partial charge in [-0.25, -0.2) is 4.79 Å². The second kappa shape index (κ2) is 11.1. The first-order valence-electron chi connectivity index (χ1n) is 14.7. The Balaban J connectivity index is 1.65. The van der Waals surface area contributed by atoms with Crippen LogP contribution in [0.25, 0.3) is 0 Å². The number of nitrogens with zero attached hydrogens (tertiary/aromatic N) is 1. The first-order chi connectivity index (χ1) is 19.0. The summed E-state index contributed by atoms with van der Waals surface area (Å²) in [6.07, 6.45) is 0.0853. The van der Waals surface area contributed by atoms with Gasteiger partial charge < -0.3 is 23.7 Å². The van der Waals surface area contributed by atoms with Gasteiger partial charge in [-0.2, -0.15) is 0 Å². The van der Waals surface area contributed by atoms with E-state index in [9.17, 15) is 9.90 Å². The molecule has 0 radical (unpaired) electrons. The van der Waals surface area contributed by atoms with Crippen molar-refractivity contribution in [3.05, 3.63) is 60.7 Å². The Bertz CT molecular complexity index is 1140. The van der Waals surface area contributed by atoms with Crippen LogP contribution in [-0.4, -0.2) is 73.3 Å². The van der Waals surface area contributed by atoms with Crippen molar-refractivity contribution in [1.29, 1.82) is 0 Å². The maximum atomic E-state index is 13.5. The summed E-state index contributed by atoms with van der Waals surface area (Å²) < 4.78 is 25.1. The minimum Gasteiger partial charge on any atom is -0.444 e. The minimum atomic E-state index is -2.74. The molecule has 0 unspecified atom stereocenters. The van der Waals surface area contributed by atoms with Gasteiger partial charge in [0.05, 0.1) is 18.8 Å². The Labute approximate surface area is 247 Å². The molecule has 2 saturated heterocycles. The molecule has 7 nitrogen and oxygen atoms in total. The summed E-state index contributed by atoms with van der Waals surface area (Å²) in [5.74, 6) is -1.08. The van der Waals surface area contributed by atoms with Gasteiger partial charge in [-0.1, -0.05) is 81.4 Å². The predicted octanol–water partition coefficient (Wildman–Crippen LogP) is 5.09.